The number of halogens is 1. The molecule has 1 unspecified atom stereocenters. The normalized spacial score (nSPS) is 17.9. The van der Waals surface area contributed by atoms with Crippen molar-refractivity contribution in [3.05, 3.63) is 28.2 Å². The van der Waals surface area contributed by atoms with Crippen molar-refractivity contribution in [2.75, 3.05) is 7.11 Å². The summed E-state index contributed by atoms with van der Waals surface area (Å²) in [5.41, 5.74) is 7.48. The van der Waals surface area contributed by atoms with Crippen molar-refractivity contribution < 1.29 is 4.74 Å². The second kappa shape index (κ2) is 6.58. The van der Waals surface area contributed by atoms with Crippen LogP contribution in [0.3, 0.4) is 0 Å². The lowest BCUT2D eigenvalue weighted by molar-refractivity contribution is 0.413. The number of rotatable bonds is 5. The second-order valence-corrected chi connectivity index (χ2v) is 6.08. The van der Waals surface area contributed by atoms with E-state index in [2.05, 4.69) is 22.0 Å². The average molecular weight is 312 g/mol. The fourth-order valence-corrected chi connectivity index (χ4v) is 3.46. The van der Waals surface area contributed by atoms with Gasteiger partial charge >= 0.3 is 0 Å². The highest BCUT2D eigenvalue weighted by molar-refractivity contribution is 9.10. The highest BCUT2D eigenvalue weighted by Gasteiger charge is 2.17. The third kappa shape index (κ3) is 3.48. The molecule has 1 atom stereocenters. The number of methoxy groups -OCH3 is 1. The third-order valence-corrected chi connectivity index (χ3v) is 4.65. The van der Waals surface area contributed by atoms with Gasteiger partial charge in [-0.05, 0) is 36.5 Å². The van der Waals surface area contributed by atoms with Gasteiger partial charge in [-0.1, -0.05) is 47.7 Å². The number of nitrogens with two attached hydrogens (primary N) is 1. The van der Waals surface area contributed by atoms with Crippen molar-refractivity contribution in [2.45, 2.75) is 44.6 Å². The zero-order valence-corrected chi connectivity index (χ0v) is 12.6. The summed E-state index contributed by atoms with van der Waals surface area (Å²) in [5, 5.41) is 0. The molecule has 0 radical (unpaired) electrons. The fraction of sp³-hybridized carbons (Fsp3) is 0.600. The summed E-state index contributed by atoms with van der Waals surface area (Å²) >= 11 is 3.58. The van der Waals surface area contributed by atoms with Crippen LogP contribution in [0.1, 0.15) is 50.1 Å². The van der Waals surface area contributed by atoms with E-state index in [-0.39, 0.29) is 6.04 Å². The molecule has 1 aliphatic carbocycles. The molecule has 1 aromatic carbocycles. The monoisotopic (exact) mass is 311 g/mol. The number of hydrogen-bond donors (Lipinski definition) is 1. The number of benzene rings is 1. The summed E-state index contributed by atoms with van der Waals surface area (Å²) in [6.07, 6.45) is 7.96. The fourth-order valence-electron chi connectivity index (χ4n) is 2.81. The molecule has 18 heavy (non-hydrogen) atoms. The van der Waals surface area contributed by atoms with Gasteiger partial charge in [0.15, 0.2) is 0 Å². The van der Waals surface area contributed by atoms with Crippen LogP contribution in [0.4, 0.5) is 0 Å². The third-order valence-electron chi connectivity index (χ3n) is 3.97. The number of hydrogen-bond acceptors (Lipinski definition) is 2. The van der Waals surface area contributed by atoms with Crippen molar-refractivity contribution in [3.63, 3.8) is 0 Å². The zero-order chi connectivity index (χ0) is 13.0. The van der Waals surface area contributed by atoms with Crippen LogP contribution in [0.5, 0.6) is 5.75 Å². The van der Waals surface area contributed by atoms with E-state index in [0.717, 1.165) is 22.6 Å². The lowest BCUT2D eigenvalue weighted by Gasteiger charge is -2.17. The van der Waals surface area contributed by atoms with Crippen molar-refractivity contribution in [1.29, 1.82) is 0 Å². The van der Waals surface area contributed by atoms with Gasteiger partial charge < -0.3 is 10.5 Å². The van der Waals surface area contributed by atoms with Crippen LogP contribution >= 0.6 is 15.9 Å². The Hall–Kier alpha value is -0.540. The molecule has 0 bridgehead atoms. The quantitative estimate of drug-likeness (QED) is 0.873. The average Bonchev–Trinajstić information content (AvgIpc) is 2.88. The van der Waals surface area contributed by atoms with E-state index < -0.39 is 0 Å². The van der Waals surface area contributed by atoms with Gasteiger partial charge in [0.2, 0.25) is 0 Å². The Bertz CT molecular complexity index is 388. The molecule has 0 spiro atoms. The van der Waals surface area contributed by atoms with E-state index in [1.807, 2.05) is 12.1 Å². The lowest BCUT2D eigenvalue weighted by atomic mass is 9.95. The van der Waals surface area contributed by atoms with Gasteiger partial charge in [-0.2, -0.15) is 0 Å². The van der Waals surface area contributed by atoms with Crippen LogP contribution in [0, 0.1) is 5.92 Å². The first-order valence-electron chi connectivity index (χ1n) is 6.79. The molecule has 1 aromatic rings. The first-order valence-corrected chi connectivity index (χ1v) is 7.59. The van der Waals surface area contributed by atoms with Crippen LogP contribution in [0.15, 0.2) is 22.7 Å². The first kappa shape index (κ1) is 13.9. The number of ether oxygens (including phenoxy) is 1. The van der Waals surface area contributed by atoms with Crippen LogP contribution in [0.25, 0.3) is 0 Å². The SMILES string of the molecule is COc1ccc(C(N)CCC2CCCC2)c(Br)c1. The van der Waals surface area contributed by atoms with Gasteiger partial charge in [-0.25, -0.2) is 0 Å². The minimum atomic E-state index is 0.130. The first-order chi connectivity index (χ1) is 8.70. The molecular weight excluding hydrogens is 290 g/mol. The molecule has 100 valence electrons. The summed E-state index contributed by atoms with van der Waals surface area (Å²) in [6.45, 7) is 0. The van der Waals surface area contributed by atoms with E-state index in [4.69, 9.17) is 10.5 Å². The summed E-state index contributed by atoms with van der Waals surface area (Å²) in [6, 6.07) is 6.17. The topological polar surface area (TPSA) is 35.2 Å². The Kier molecular flexibility index (Phi) is 5.07. The maximum absolute atomic E-state index is 6.29. The highest BCUT2D eigenvalue weighted by atomic mass is 79.9. The smallest absolute Gasteiger partial charge is 0.120 e. The molecule has 0 aliphatic heterocycles. The summed E-state index contributed by atoms with van der Waals surface area (Å²) < 4.78 is 6.26. The molecule has 1 fully saturated rings. The Morgan fingerprint density at radius 3 is 2.72 bits per heavy atom. The standard InChI is InChI=1S/C15H22BrNO/c1-18-12-7-8-13(14(16)10-12)15(17)9-6-11-4-2-3-5-11/h7-8,10-11,15H,2-6,9,17H2,1H3. The minimum Gasteiger partial charge on any atom is -0.497 e. The van der Waals surface area contributed by atoms with E-state index in [1.54, 1.807) is 7.11 Å². The highest BCUT2D eigenvalue weighted by Crippen LogP contribution is 2.33. The molecule has 0 amide bonds. The van der Waals surface area contributed by atoms with Crippen LogP contribution in [0.2, 0.25) is 0 Å². The Labute approximate surface area is 118 Å². The van der Waals surface area contributed by atoms with E-state index >= 15 is 0 Å². The van der Waals surface area contributed by atoms with Crippen LogP contribution in [-0.2, 0) is 0 Å². The van der Waals surface area contributed by atoms with E-state index in [1.165, 1.54) is 37.7 Å². The summed E-state index contributed by atoms with van der Waals surface area (Å²) in [5.74, 6) is 1.78. The second-order valence-electron chi connectivity index (χ2n) is 5.22. The zero-order valence-electron chi connectivity index (χ0n) is 11.0. The molecule has 0 aromatic heterocycles. The molecule has 1 aliphatic rings. The van der Waals surface area contributed by atoms with Gasteiger partial charge in [0.1, 0.15) is 5.75 Å². The lowest BCUT2D eigenvalue weighted by Crippen LogP contribution is -2.12. The maximum atomic E-state index is 6.29. The largest absolute Gasteiger partial charge is 0.497 e. The minimum absolute atomic E-state index is 0.130. The van der Waals surface area contributed by atoms with Crippen LogP contribution in [-0.4, -0.2) is 7.11 Å². The molecule has 0 heterocycles. The Morgan fingerprint density at radius 2 is 2.11 bits per heavy atom. The predicted octanol–water partition coefficient (Wildman–Crippen LogP) is 4.43. The van der Waals surface area contributed by atoms with E-state index in [9.17, 15) is 0 Å². The van der Waals surface area contributed by atoms with Crippen molar-refractivity contribution in [3.8, 4) is 5.75 Å². The Balaban J connectivity index is 1.93. The Morgan fingerprint density at radius 1 is 1.39 bits per heavy atom. The van der Waals surface area contributed by atoms with Gasteiger partial charge in [0.05, 0.1) is 7.11 Å². The maximum Gasteiger partial charge on any atom is 0.120 e. The predicted molar refractivity (Wildman–Crippen MR) is 78.8 cm³/mol. The summed E-state index contributed by atoms with van der Waals surface area (Å²) in [4.78, 5) is 0. The molecule has 0 saturated heterocycles. The van der Waals surface area contributed by atoms with Gasteiger partial charge in [0, 0.05) is 10.5 Å². The van der Waals surface area contributed by atoms with Gasteiger partial charge in [0.25, 0.3) is 0 Å². The molecular formula is C15H22BrNO. The molecule has 2 nitrogen and oxygen atoms in total. The molecule has 2 rings (SSSR count). The van der Waals surface area contributed by atoms with Gasteiger partial charge in [-0.15, -0.1) is 0 Å². The van der Waals surface area contributed by atoms with Crippen molar-refractivity contribution >= 4 is 15.9 Å². The summed E-state index contributed by atoms with van der Waals surface area (Å²) in [7, 11) is 1.68. The van der Waals surface area contributed by atoms with Crippen LogP contribution < -0.4 is 10.5 Å². The van der Waals surface area contributed by atoms with E-state index in [0.29, 0.717) is 0 Å². The van der Waals surface area contributed by atoms with Crippen molar-refractivity contribution in [1.82, 2.24) is 0 Å². The molecule has 2 N–H and O–H groups in total. The molecule has 1 saturated carbocycles. The van der Waals surface area contributed by atoms with Crippen molar-refractivity contribution in [2.24, 2.45) is 11.7 Å². The van der Waals surface area contributed by atoms with Gasteiger partial charge in [-0.3, -0.25) is 0 Å². The molecule has 3 heteroatoms.